The Morgan fingerprint density at radius 2 is 2.00 bits per heavy atom. The zero-order valence-electron chi connectivity index (χ0n) is 13.5. The lowest BCUT2D eigenvalue weighted by atomic mass is 10.1. The number of nitrogens with one attached hydrogen (secondary N) is 2. The van der Waals surface area contributed by atoms with Gasteiger partial charge in [0.05, 0.1) is 16.3 Å². The maximum atomic E-state index is 12.2. The molecule has 0 aliphatic carbocycles. The maximum absolute atomic E-state index is 12.2. The molecular formula is C17H18N4OS. The number of aryl methyl sites for hydroxylation is 4. The number of aliphatic imine (C=N–C) groups is 1. The molecule has 5 nitrogen and oxygen atoms in total. The minimum atomic E-state index is -0.126. The van der Waals surface area contributed by atoms with E-state index in [9.17, 15) is 4.79 Å². The van der Waals surface area contributed by atoms with Crippen LogP contribution in [0.2, 0.25) is 0 Å². The maximum Gasteiger partial charge on any atom is 0.264 e. The molecule has 1 amide bonds. The molecule has 1 aromatic heterocycles. The molecule has 6 heteroatoms. The molecule has 118 valence electrons. The number of hydrogen-bond acceptors (Lipinski definition) is 4. The molecule has 1 aliphatic heterocycles. The summed E-state index contributed by atoms with van der Waals surface area (Å²) in [6.45, 7) is 7.89. The number of amides is 1. The first-order valence-electron chi connectivity index (χ1n) is 7.32. The lowest BCUT2D eigenvalue weighted by molar-refractivity contribution is -0.115. The summed E-state index contributed by atoms with van der Waals surface area (Å²) in [6.07, 6.45) is 1.86. The molecule has 0 radical (unpaired) electrons. The summed E-state index contributed by atoms with van der Waals surface area (Å²) in [5.74, 6) is -0.126. The highest BCUT2D eigenvalue weighted by Crippen LogP contribution is 2.30. The zero-order chi connectivity index (χ0) is 16.6. The lowest BCUT2D eigenvalue weighted by Gasteiger charge is -2.02. The molecule has 1 aromatic carbocycles. The van der Waals surface area contributed by atoms with Crippen LogP contribution in [0.15, 0.2) is 28.1 Å². The number of hydrogen-bond donors (Lipinski definition) is 2. The van der Waals surface area contributed by atoms with Gasteiger partial charge in [0.25, 0.3) is 5.91 Å². The molecule has 23 heavy (non-hydrogen) atoms. The first kappa shape index (κ1) is 15.6. The van der Waals surface area contributed by atoms with Crippen molar-refractivity contribution in [3.8, 4) is 0 Å². The Labute approximate surface area is 139 Å². The van der Waals surface area contributed by atoms with Crippen molar-refractivity contribution in [1.82, 2.24) is 15.5 Å². The number of amidine groups is 1. The summed E-state index contributed by atoms with van der Waals surface area (Å²) in [4.78, 5) is 17.4. The number of aromatic amines is 1. The topological polar surface area (TPSA) is 70.1 Å². The van der Waals surface area contributed by atoms with Gasteiger partial charge in [0.1, 0.15) is 0 Å². The third-order valence-corrected chi connectivity index (χ3v) is 4.61. The Bertz CT molecular complexity index is 829. The molecule has 0 bridgehead atoms. The molecule has 1 aliphatic rings. The van der Waals surface area contributed by atoms with Gasteiger partial charge in [0.2, 0.25) is 0 Å². The van der Waals surface area contributed by atoms with Gasteiger partial charge >= 0.3 is 0 Å². The second-order valence-electron chi connectivity index (χ2n) is 5.62. The highest BCUT2D eigenvalue weighted by atomic mass is 32.2. The Morgan fingerprint density at radius 3 is 2.70 bits per heavy atom. The molecule has 3 rings (SSSR count). The molecule has 0 unspecified atom stereocenters. The second-order valence-corrected chi connectivity index (χ2v) is 6.65. The summed E-state index contributed by atoms with van der Waals surface area (Å²) in [5, 5.41) is 10.5. The van der Waals surface area contributed by atoms with Crippen molar-refractivity contribution in [3.05, 3.63) is 51.2 Å². The van der Waals surface area contributed by atoms with Crippen LogP contribution < -0.4 is 5.32 Å². The average Bonchev–Trinajstić information content (AvgIpc) is 3.00. The standard InChI is InChI=1S/C17H18N4OS/c1-9-5-6-10(2)14(7-9)18-17-19-16(22)15(23-17)8-13-11(3)20-21-12(13)4/h5-8H,1-4H3,(H,20,21)(H,18,19,22)/b15-8-. The van der Waals surface area contributed by atoms with Crippen LogP contribution in [0.1, 0.15) is 28.1 Å². The number of rotatable bonds is 2. The van der Waals surface area contributed by atoms with Gasteiger partial charge in [-0.1, -0.05) is 12.1 Å². The number of carbonyl (C=O) groups excluding carboxylic acids is 1. The van der Waals surface area contributed by atoms with E-state index < -0.39 is 0 Å². The SMILES string of the molecule is Cc1ccc(C)c(N=C2NC(=O)/C(=C/c3c(C)n[nH]c3C)S2)c1. The summed E-state index contributed by atoms with van der Waals surface area (Å²) < 4.78 is 0. The van der Waals surface area contributed by atoms with Crippen LogP contribution in [0.25, 0.3) is 6.08 Å². The van der Waals surface area contributed by atoms with Crippen molar-refractivity contribution in [2.75, 3.05) is 0 Å². The van der Waals surface area contributed by atoms with Gasteiger partial charge in [-0.2, -0.15) is 5.10 Å². The molecule has 1 saturated heterocycles. The van der Waals surface area contributed by atoms with Crippen molar-refractivity contribution in [1.29, 1.82) is 0 Å². The first-order chi connectivity index (χ1) is 10.9. The largest absolute Gasteiger partial charge is 0.300 e. The van der Waals surface area contributed by atoms with E-state index in [1.807, 2.05) is 45.9 Å². The van der Waals surface area contributed by atoms with Gasteiger partial charge in [0.15, 0.2) is 5.17 Å². The second kappa shape index (κ2) is 6.04. The molecule has 1 fully saturated rings. The van der Waals surface area contributed by atoms with E-state index in [-0.39, 0.29) is 5.91 Å². The van der Waals surface area contributed by atoms with Crippen molar-refractivity contribution in [2.24, 2.45) is 4.99 Å². The van der Waals surface area contributed by atoms with Crippen molar-refractivity contribution >= 4 is 34.6 Å². The summed E-state index contributed by atoms with van der Waals surface area (Å²) in [5.41, 5.74) is 5.88. The average molecular weight is 326 g/mol. The number of aromatic nitrogens is 2. The fraction of sp³-hybridized carbons (Fsp3) is 0.235. The Kier molecular flexibility index (Phi) is 4.09. The molecule has 2 aromatic rings. The van der Waals surface area contributed by atoms with E-state index in [1.165, 1.54) is 11.8 Å². The van der Waals surface area contributed by atoms with Gasteiger partial charge in [-0.25, -0.2) is 4.99 Å². The minimum Gasteiger partial charge on any atom is -0.300 e. The van der Waals surface area contributed by atoms with E-state index in [1.54, 1.807) is 0 Å². The van der Waals surface area contributed by atoms with Gasteiger partial charge in [0, 0.05) is 11.3 Å². The van der Waals surface area contributed by atoms with Crippen LogP contribution in [0, 0.1) is 27.7 Å². The lowest BCUT2D eigenvalue weighted by Crippen LogP contribution is -2.19. The van der Waals surface area contributed by atoms with Crippen molar-refractivity contribution in [3.63, 3.8) is 0 Å². The van der Waals surface area contributed by atoms with Crippen LogP contribution in [0.3, 0.4) is 0 Å². The Hall–Kier alpha value is -2.34. The minimum absolute atomic E-state index is 0.126. The van der Waals surface area contributed by atoms with E-state index in [4.69, 9.17) is 0 Å². The van der Waals surface area contributed by atoms with Crippen LogP contribution in [0.4, 0.5) is 5.69 Å². The molecule has 0 spiro atoms. The van der Waals surface area contributed by atoms with E-state index in [0.717, 1.165) is 33.8 Å². The van der Waals surface area contributed by atoms with Gasteiger partial charge in [-0.15, -0.1) is 0 Å². The van der Waals surface area contributed by atoms with E-state index in [2.05, 4.69) is 26.6 Å². The molecule has 0 atom stereocenters. The number of nitrogens with zero attached hydrogens (tertiary/aromatic N) is 2. The van der Waals surface area contributed by atoms with E-state index >= 15 is 0 Å². The van der Waals surface area contributed by atoms with Gasteiger partial charge in [-0.05, 0) is 62.7 Å². The molecular weight excluding hydrogens is 308 g/mol. The Balaban J connectivity index is 1.91. The predicted molar refractivity (Wildman–Crippen MR) is 94.8 cm³/mol. The first-order valence-corrected chi connectivity index (χ1v) is 8.14. The van der Waals surface area contributed by atoms with Crippen molar-refractivity contribution in [2.45, 2.75) is 27.7 Å². The quantitative estimate of drug-likeness (QED) is 0.829. The molecule has 2 N–H and O–H groups in total. The third kappa shape index (κ3) is 3.22. The van der Waals surface area contributed by atoms with Gasteiger partial charge < -0.3 is 5.32 Å². The predicted octanol–water partition coefficient (Wildman–Crippen LogP) is 3.53. The summed E-state index contributed by atoms with van der Waals surface area (Å²) >= 11 is 1.35. The number of thioether (sulfide) groups is 1. The van der Waals surface area contributed by atoms with E-state index in [0.29, 0.717) is 10.1 Å². The van der Waals surface area contributed by atoms with Crippen LogP contribution in [-0.2, 0) is 4.79 Å². The smallest absolute Gasteiger partial charge is 0.264 e. The fourth-order valence-corrected chi connectivity index (χ4v) is 3.15. The zero-order valence-corrected chi connectivity index (χ0v) is 14.3. The number of benzene rings is 1. The normalized spacial score (nSPS) is 18.0. The highest BCUT2D eigenvalue weighted by Gasteiger charge is 2.24. The third-order valence-electron chi connectivity index (χ3n) is 3.70. The molecule has 2 heterocycles. The van der Waals surface area contributed by atoms with Crippen molar-refractivity contribution < 1.29 is 4.79 Å². The van der Waals surface area contributed by atoms with Crippen LogP contribution >= 0.6 is 11.8 Å². The molecule has 0 saturated carbocycles. The van der Waals surface area contributed by atoms with Gasteiger partial charge in [-0.3, -0.25) is 9.89 Å². The fourth-order valence-electron chi connectivity index (χ4n) is 2.33. The van der Waals surface area contributed by atoms with Crippen LogP contribution in [0.5, 0.6) is 0 Å². The highest BCUT2D eigenvalue weighted by molar-refractivity contribution is 8.18. The summed E-state index contributed by atoms with van der Waals surface area (Å²) in [6, 6.07) is 6.10. The monoisotopic (exact) mass is 326 g/mol. The number of carbonyl (C=O) groups is 1. The summed E-state index contributed by atoms with van der Waals surface area (Å²) in [7, 11) is 0. The number of H-pyrrole nitrogens is 1. The Morgan fingerprint density at radius 1 is 1.22 bits per heavy atom. The van der Waals surface area contributed by atoms with Crippen LogP contribution in [-0.4, -0.2) is 21.3 Å².